The van der Waals surface area contributed by atoms with Gasteiger partial charge in [0.25, 0.3) is 5.91 Å². The van der Waals surface area contributed by atoms with Crippen molar-refractivity contribution in [3.8, 4) is 11.8 Å². The molecule has 116 valence electrons. The number of hydrogen-bond donors (Lipinski definition) is 0. The number of hydrogen-bond acceptors (Lipinski definition) is 3. The Labute approximate surface area is 127 Å². The largest absolute Gasteiger partial charge is 0.435 e. The third-order valence-corrected chi connectivity index (χ3v) is 3.41. The summed E-state index contributed by atoms with van der Waals surface area (Å²) >= 11 is 0. The summed E-state index contributed by atoms with van der Waals surface area (Å²) < 4.78 is 28.4. The molecule has 0 aliphatic carbocycles. The Balaban J connectivity index is 2.11. The van der Waals surface area contributed by atoms with Gasteiger partial charge in [0.05, 0.1) is 0 Å². The van der Waals surface area contributed by atoms with Crippen LogP contribution in [0.3, 0.4) is 0 Å². The first kappa shape index (κ1) is 16.0. The van der Waals surface area contributed by atoms with Crippen LogP contribution in [0.2, 0.25) is 0 Å². The third-order valence-electron chi connectivity index (χ3n) is 3.41. The fourth-order valence-electron chi connectivity index (χ4n) is 2.32. The number of piperidine rings is 1. The summed E-state index contributed by atoms with van der Waals surface area (Å²) in [7, 11) is 0. The molecule has 0 N–H and O–H groups in total. The summed E-state index contributed by atoms with van der Waals surface area (Å²) in [6.07, 6.45) is 4.46. The molecule has 1 heterocycles. The van der Waals surface area contributed by atoms with E-state index in [4.69, 9.17) is 0 Å². The number of alkyl halides is 2. The van der Waals surface area contributed by atoms with E-state index in [1.165, 1.54) is 30.3 Å². The van der Waals surface area contributed by atoms with Crippen LogP contribution in [-0.2, 0) is 4.79 Å². The lowest BCUT2D eigenvalue weighted by atomic mass is 10.1. The van der Waals surface area contributed by atoms with Crippen molar-refractivity contribution in [2.24, 2.45) is 0 Å². The van der Waals surface area contributed by atoms with Crippen LogP contribution in [0.25, 0.3) is 6.08 Å². The van der Waals surface area contributed by atoms with E-state index in [2.05, 4.69) is 4.74 Å². The maximum atomic E-state index is 12.3. The highest BCUT2D eigenvalue weighted by molar-refractivity contribution is 6.01. The number of carbonyl (C=O) groups excluding carboxylic acids is 1. The number of nitriles is 1. The molecule has 0 atom stereocenters. The molecule has 0 radical (unpaired) electrons. The van der Waals surface area contributed by atoms with Gasteiger partial charge >= 0.3 is 6.61 Å². The van der Waals surface area contributed by atoms with E-state index in [-0.39, 0.29) is 17.2 Å². The van der Waals surface area contributed by atoms with Crippen LogP contribution < -0.4 is 4.74 Å². The Morgan fingerprint density at radius 2 is 1.86 bits per heavy atom. The quantitative estimate of drug-likeness (QED) is 0.634. The summed E-state index contributed by atoms with van der Waals surface area (Å²) in [5.74, 6) is -0.247. The number of amides is 1. The molecular formula is C16H16F2N2O2. The molecule has 0 aromatic heterocycles. The van der Waals surface area contributed by atoms with Gasteiger partial charge in [-0.1, -0.05) is 12.1 Å². The van der Waals surface area contributed by atoms with Gasteiger partial charge in [0.1, 0.15) is 17.4 Å². The first-order valence-electron chi connectivity index (χ1n) is 7.06. The van der Waals surface area contributed by atoms with Crippen molar-refractivity contribution in [1.82, 2.24) is 4.90 Å². The van der Waals surface area contributed by atoms with E-state index in [9.17, 15) is 18.8 Å². The van der Waals surface area contributed by atoms with E-state index >= 15 is 0 Å². The minimum absolute atomic E-state index is 0.0352. The lowest BCUT2D eigenvalue weighted by molar-refractivity contribution is -0.127. The molecule has 1 saturated heterocycles. The van der Waals surface area contributed by atoms with Crippen molar-refractivity contribution in [3.63, 3.8) is 0 Å². The van der Waals surface area contributed by atoms with Crippen LogP contribution in [0, 0.1) is 11.3 Å². The Morgan fingerprint density at radius 3 is 2.41 bits per heavy atom. The topological polar surface area (TPSA) is 53.3 Å². The summed E-state index contributed by atoms with van der Waals surface area (Å²) in [4.78, 5) is 13.9. The molecule has 0 saturated carbocycles. The molecule has 1 aliphatic heterocycles. The van der Waals surface area contributed by atoms with Crippen molar-refractivity contribution in [2.75, 3.05) is 13.1 Å². The second kappa shape index (κ2) is 7.55. The lowest BCUT2D eigenvalue weighted by Crippen LogP contribution is -2.36. The molecule has 6 heteroatoms. The van der Waals surface area contributed by atoms with Gasteiger partial charge in [-0.2, -0.15) is 14.0 Å². The van der Waals surface area contributed by atoms with Crippen molar-refractivity contribution in [1.29, 1.82) is 5.26 Å². The third kappa shape index (κ3) is 4.29. The number of rotatable bonds is 4. The smallest absolute Gasteiger partial charge is 0.387 e. The maximum Gasteiger partial charge on any atom is 0.387 e. The number of likely N-dealkylation sites (tertiary alicyclic amines) is 1. The predicted molar refractivity (Wildman–Crippen MR) is 77.1 cm³/mol. The van der Waals surface area contributed by atoms with Crippen molar-refractivity contribution in [2.45, 2.75) is 25.9 Å². The Bertz CT molecular complexity index is 585. The molecule has 0 unspecified atom stereocenters. The van der Waals surface area contributed by atoms with Gasteiger partial charge in [-0.25, -0.2) is 0 Å². The highest BCUT2D eigenvalue weighted by atomic mass is 19.3. The summed E-state index contributed by atoms with van der Waals surface area (Å²) in [6.45, 7) is -1.55. The van der Waals surface area contributed by atoms with Crippen LogP contribution in [0.15, 0.2) is 29.8 Å². The van der Waals surface area contributed by atoms with Gasteiger partial charge in [-0.15, -0.1) is 0 Å². The molecule has 0 bridgehead atoms. The number of carbonyl (C=O) groups is 1. The minimum Gasteiger partial charge on any atom is -0.435 e. The monoisotopic (exact) mass is 306 g/mol. The van der Waals surface area contributed by atoms with Crippen LogP contribution >= 0.6 is 0 Å². The highest BCUT2D eigenvalue weighted by Crippen LogP contribution is 2.18. The Kier molecular flexibility index (Phi) is 5.48. The van der Waals surface area contributed by atoms with Crippen molar-refractivity contribution < 1.29 is 18.3 Å². The predicted octanol–water partition coefficient (Wildman–Crippen LogP) is 3.21. The van der Waals surface area contributed by atoms with E-state index < -0.39 is 6.61 Å². The summed E-state index contributed by atoms with van der Waals surface area (Å²) in [6, 6.07) is 7.71. The van der Waals surface area contributed by atoms with Crippen LogP contribution in [0.4, 0.5) is 8.78 Å². The molecule has 0 spiro atoms. The van der Waals surface area contributed by atoms with E-state index in [1.54, 1.807) is 4.90 Å². The summed E-state index contributed by atoms with van der Waals surface area (Å²) in [5.41, 5.74) is 0.632. The Morgan fingerprint density at radius 1 is 1.23 bits per heavy atom. The number of ether oxygens (including phenoxy) is 1. The molecule has 4 nitrogen and oxygen atoms in total. The molecule has 2 rings (SSSR count). The van der Waals surface area contributed by atoms with Crippen LogP contribution in [0.1, 0.15) is 24.8 Å². The SMILES string of the molecule is N#C/C(=C\c1ccc(OC(F)F)cc1)C(=O)N1CCCCC1. The standard InChI is InChI=1S/C16H16F2N2O2/c17-16(18)22-14-6-4-12(5-7-14)10-13(11-19)15(21)20-8-2-1-3-9-20/h4-7,10,16H,1-3,8-9H2/b13-10+. The number of halogens is 2. The number of benzene rings is 1. The van der Waals surface area contributed by atoms with Gasteiger partial charge in [-0.3, -0.25) is 4.79 Å². The van der Waals surface area contributed by atoms with Crippen molar-refractivity contribution >= 4 is 12.0 Å². The van der Waals surface area contributed by atoms with Gasteiger partial charge < -0.3 is 9.64 Å². The second-order valence-corrected chi connectivity index (χ2v) is 4.97. The van der Waals surface area contributed by atoms with Crippen LogP contribution in [-0.4, -0.2) is 30.5 Å². The van der Waals surface area contributed by atoms with E-state index in [1.807, 2.05) is 6.07 Å². The fraction of sp³-hybridized carbons (Fsp3) is 0.375. The average molecular weight is 306 g/mol. The van der Waals surface area contributed by atoms with Gasteiger partial charge in [-0.05, 0) is 43.0 Å². The second-order valence-electron chi connectivity index (χ2n) is 4.97. The first-order valence-corrected chi connectivity index (χ1v) is 7.06. The minimum atomic E-state index is -2.88. The van der Waals surface area contributed by atoms with E-state index in [0.717, 1.165) is 19.3 Å². The van der Waals surface area contributed by atoms with Gasteiger partial charge in [0.2, 0.25) is 0 Å². The zero-order chi connectivity index (χ0) is 15.9. The molecular weight excluding hydrogens is 290 g/mol. The first-order chi connectivity index (χ1) is 10.6. The molecule has 1 fully saturated rings. The maximum absolute atomic E-state index is 12.3. The average Bonchev–Trinajstić information content (AvgIpc) is 2.54. The molecule has 1 amide bonds. The zero-order valence-corrected chi connectivity index (χ0v) is 12.0. The lowest BCUT2D eigenvalue weighted by Gasteiger charge is -2.26. The normalized spacial score (nSPS) is 15.5. The molecule has 22 heavy (non-hydrogen) atoms. The van der Waals surface area contributed by atoms with Gasteiger partial charge in [0, 0.05) is 13.1 Å². The Hall–Kier alpha value is -2.42. The zero-order valence-electron chi connectivity index (χ0n) is 12.0. The van der Waals surface area contributed by atoms with E-state index in [0.29, 0.717) is 18.7 Å². The van der Waals surface area contributed by atoms with Crippen LogP contribution in [0.5, 0.6) is 5.75 Å². The summed E-state index contributed by atoms with van der Waals surface area (Å²) in [5, 5.41) is 9.17. The van der Waals surface area contributed by atoms with Gasteiger partial charge in [0.15, 0.2) is 0 Å². The fourth-order valence-corrected chi connectivity index (χ4v) is 2.32. The molecule has 1 aliphatic rings. The van der Waals surface area contributed by atoms with Crippen molar-refractivity contribution in [3.05, 3.63) is 35.4 Å². The highest BCUT2D eigenvalue weighted by Gasteiger charge is 2.20. The molecule has 1 aromatic carbocycles. The molecule has 1 aromatic rings. The number of nitrogens with zero attached hydrogens (tertiary/aromatic N) is 2.